The molecule has 3 aromatic carbocycles. The van der Waals surface area contributed by atoms with E-state index in [-0.39, 0.29) is 6.10 Å². The van der Waals surface area contributed by atoms with Gasteiger partial charge in [-0.15, -0.1) is 0 Å². The highest BCUT2D eigenvalue weighted by Gasteiger charge is 2.28. The second-order valence-corrected chi connectivity index (χ2v) is 9.82. The molecule has 2 fully saturated rings. The van der Waals surface area contributed by atoms with Gasteiger partial charge in [-0.3, -0.25) is 0 Å². The Morgan fingerprint density at radius 3 is 2.42 bits per heavy atom. The summed E-state index contributed by atoms with van der Waals surface area (Å²) in [6.07, 6.45) is 5.54. The highest BCUT2D eigenvalue weighted by molar-refractivity contribution is 5.95. The molecule has 36 heavy (non-hydrogen) atoms. The van der Waals surface area contributed by atoms with Crippen molar-refractivity contribution >= 4 is 16.6 Å². The SMILES string of the molecule is N#Cc1c(-c2ccc(NCc3ccccc3)cc2)n(C2CCC2)c2cc(OC3CCOCC3)ccc12. The first-order valence-corrected chi connectivity index (χ1v) is 13.0. The van der Waals surface area contributed by atoms with Gasteiger partial charge >= 0.3 is 0 Å². The Morgan fingerprint density at radius 1 is 0.944 bits per heavy atom. The van der Waals surface area contributed by atoms with Gasteiger partial charge in [0, 0.05) is 42.6 Å². The fraction of sp³-hybridized carbons (Fsp3) is 0.323. The summed E-state index contributed by atoms with van der Waals surface area (Å²) in [4.78, 5) is 0. The number of nitrogens with one attached hydrogen (secondary N) is 1. The minimum absolute atomic E-state index is 0.189. The Balaban J connectivity index is 1.34. The molecule has 0 unspecified atom stereocenters. The number of ether oxygens (including phenoxy) is 2. The summed E-state index contributed by atoms with van der Waals surface area (Å²) < 4.78 is 14.2. The number of benzene rings is 3. The molecule has 5 heteroatoms. The molecule has 2 heterocycles. The van der Waals surface area contributed by atoms with Gasteiger partial charge in [0.1, 0.15) is 17.9 Å². The van der Waals surface area contributed by atoms with E-state index in [0.717, 1.165) is 84.6 Å². The molecule has 1 saturated heterocycles. The van der Waals surface area contributed by atoms with Crippen LogP contribution in [0.4, 0.5) is 5.69 Å². The molecular weight excluding hydrogens is 446 g/mol. The maximum Gasteiger partial charge on any atom is 0.121 e. The topological polar surface area (TPSA) is 59.2 Å². The molecule has 1 saturated carbocycles. The van der Waals surface area contributed by atoms with Gasteiger partial charge in [0.25, 0.3) is 0 Å². The zero-order chi connectivity index (χ0) is 24.3. The summed E-state index contributed by atoms with van der Waals surface area (Å²) in [5.41, 5.74) is 6.26. The quantitative estimate of drug-likeness (QED) is 0.309. The number of nitrogens with zero attached hydrogens (tertiary/aromatic N) is 2. The Kier molecular flexibility index (Phi) is 6.36. The predicted octanol–water partition coefficient (Wildman–Crippen LogP) is 7.07. The van der Waals surface area contributed by atoms with E-state index in [2.05, 4.69) is 76.6 Å². The van der Waals surface area contributed by atoms with Crippen molar-refractivity contribution in [2.75, 3.05) is 18.5 Å². The maximum absolute atomic E-state index is 10.2. The highest BCUT2D eigenvalue weighted by atomic mass is 16.5. The lowest BCUT2D eigenvalue weighted by Gasteiger charge is -2.30. The molecule has 1 aliphatic heterocycles. The molecule has 4 aromatic rings. The number of fused-ring (bicyclic) bond motifs is 1. The van der Waals surface area contributed by atoms with Crippen molar-refractivity contribution < 1.29 is 9.47 Å². The van der Waals surface area contributed by atoms with Gasteiger partial charge in [0.05, 0.1) is 30.0 Å². The molecule has 0 bridgehead atoms. The third-order valence-electron chi connectivity index (χ3n) is 7.50. The van der Waals surface area contributed by atoms with Crippen LogP contribution in [0.2, 0.25) is 0 Å². The zero-order valence-electron chi connectivity index (χ0n) is 20.5. The molecule has 182 valence electrons. The smallest absolute Gasteiger partial charge is 0.121 e. The summed E-state index contributed by atoms with van der Waals surface area (Å²) in [6, 6.07) is 28.1. The van der Waals surface area contributed by atoms with Crippen LogP contribution in [0.1, 0.15) is 49.3 Å². The largest absolute Gasteiger partial charge is 0.490 e. The number of nitriles is 1. The Labute approximate surface area is 212 Å². The van der Waals surface area contributed by atoms with Crippen LogP contribution in [0.5, 0.6) is 5.75 Å². The third-order valence-corrected chi connectivity index (χ3v) is 7.50. The molecule has 1 aromatic heterocycles. The average molecular weight is 478 g/mol. The van der Waals surface area contributed by atoms with Gasteiger partial charge in [-0.25, -0.2) is 0 Å². The van der Waals surface area contributed by atoms with Crippen LogP contribution in [0.3, 0.4) is 0 Å². The van der Waals surface area contributed by atoms with Gasteiger partial charge in [0.2, 0.25) is 0 Å². The van der Waals surface area contributed by atoms with E-state index >= 15 is 0 Å². The molecule has 0 spiro atoms. The lowest BCUT2D eigenvalue weighted by Crippen LogP contribution is -2.25. The summed E-state index contributed by atoms with van der Waals surface area (Å²) in [5.74, 6) is 0.879. The molecule has 0 amide bonds. The first kappa shape index (κ1) is 22.7. The Bertz CT molecular complexity index is 1380. The fourth-order valence-electron chi connectivity index (χ4n) is 5.32. The van der Waals surface area contributed by atoms with Crippen LogP contribution in [-0.4, -0.2) is 23.9 Å². The first-order chi connectivity index (χ1) is 17.8. The molecule has 0 atom stereocenters. The Hall–Kier alpha value is -3.75. The van der Waals surface area contributed by atoms with Crippen molar-refractivity contribution in [3.63, 3.8) is 0 Å². The lowest BCUT2D eigenvalue weighted by molar-refractivity contribution is 0.0256. The number of rotatable bonds is 7. The predicted molar refractivity (Wildman–Crippen MR) is 143 cm³/mol. The van der Waals surface area contributed by atoms with Crippen LogP contribution in [0.15, 0.2) is 72.8 Å². The van der Waals surface area contributed by atoms with E-state index in [1.54, 1.807) is 0 Å². The minimum atomic E-state index is 0.189. The monoisotopic (exact) mass is 477 g/mol. The average Bonchev–Trinajstić information content (AvgIpc) is 3.21. The lowest BCUT2D eigenvalue weighted by atomic mass is 9.92. The van der Waals surface area contributed by atoms with Gasteiger partial charge in [-0.05, 0) is 54.7 Å². The standard InChI is InChI=1S/C31H31N3O2/c32-20-29-28-14-13-27(36-26-15-17-35-18-16-26)19-30(28)34(25-7-4-8-25)31(29)23-9-11-24(12-10-23)33-21-22-5-2-1-3-6-22/h1-3,5-6,9-14,19,25-26,33H,4,7-8,15-18,21H2. The van der Waals surface area contributed by atoms with Crippen molar-refractivity contribution in [1.82, 2.24) is 4.57 Å². The summed E-state index contributed by atoms with van der Waals surface area (Å²) in [5, 5.41) is 14.7. The van der Waals surface area contributed by atoms with Crippen LogP contribution in [0.25, 0.3) is 22.2 Å². The van der Waals surface area contributed by atoms with E-state index in [4.69, 9.17) is 9.47 Å². The fourth-order valence-corrected chi connectivity index (χ4v) is 5.32. The highest BCUT2D eigenvalue weighted by Crippen LogP contribution is 2.43. The molecule has 1 aliphatic carbocycles. The van der Waals surface area contributed by atoms with Crippen LogP contribution < -0.4 is 10.1 Å². The van der Waals surface area contributed by atoms with Crippen LogP contribution in [-0.2, 0) is 11.3 Å². The number of hydrogen-bond donors (Lipinski definition) is 1. The number of aromatic nitrogens is 1. The van der Waals surface area contributed by atoms with Crippen molar-refractivity contribution in [3.8, 4) is 23.1 Å². The second kappa shape index (κ2) is 10.1. The molecule has 0 radical (unpaired) electrons. The van der Waals surface area contributed by atoms with Crippen molar-refractivity contribution in [2.45, 2.75) is 50.8 Å². The van der Waals surface area contributed by atoms with Crippen LogP contribution in [0, 0.1) is 11.3 Å². The summed E-state index contributed by atoms with van der Waals surface area (Å²) in [6.45, 7) is 2.29. The number of anilines is 1. The van der Waals surface area contributed by atoms with Crippen molar-refractivity contribution in [1.29, 1.82) is 5.26 Å². The maximum atomic E-state index is 10.2. The van der Waals surface area contributed by atoms with Crippen molar-refractivity contribution in [3.05, 3.63) is 83.9 Å². The Morgan fingerprint density at radius 2 is 1.72 bits per heavy atom. The van der Waals surface area contributed by atoms with Gasteiger partial charge in [-0.1, -0.05) is 42.5 Å². The molecule has 2 aliphatic rings. The van der Waals surface area contributed by atoms with E-state index < -0.39 is 0 Å². The normalized spacial score (nSPS) is 16.4. The van der Waals surface area contributed by atoms with Gasteiger partial charge in [-0.2, -0.15) is 5.26 Å². The van der Waals surface area contributed by atoms with E-state index in [1.807, 2.05) is 12.1 Å². The molecule has 1 N–H and O–H groups in total. The van der Waals surface area contributed by atoms with E-state index in [1.165, 1.54) is 12.0 Å². The summed E-state index contributed by atoms with van der Waals surface area (Å²) >= 11 is 0. The van der Waals surface area contributed by atoms with E-state index in [9.17, 15) is 5.26 Å². The summed E-state index contributed by atoms with van der Waals surface area (Å²) in [7, 11) is 0. The van der Waals surface area contributed by atoms with Gasteiger partial charge in [0.15, 0.2) is 0 Å². The number of hydrogen-bond acceptors (Lipinski definition) is 4. The molecular formula is C31H31N3O2. The van der Waals surface area contributed by atoms with E-state index in [0.29, 0.717) is 6.04 Å². The van der Waals surface area contributed by atoms with Gasteiger partial charge < -0.3 is 19.4 Å². The zero-order valence-corrected chi connectivity index (χ0v) is 20.5. The second-order valence-electron chi connectivity index (χ2n) is 9.82. The minimum Gasteiger partial charge on any atom is -0.490 e. The van der Waals surface area contributed by atoms with Crippen molar-refractivity contribution in [2.24, 2.45) is 0 Å². The third kappa shape index (κ3) is 4.45. The molecule has 6 rings (SSSR count). The molecule has 5 nitrogen and oxygen atoms in total. The van der Waals surface area contributed by atoms with Crippen LogP contribution >= 0.6 is 0 Å². The first-order valence-electron chi connectivity index (χ1n) is 13.0.